The Labute approximate surface area is 95.9 Å². The van der Waals surface area contributed by atoms with Crippen LogP contribution >= 0.6 is 0 Å². The van der Waals surface area contributed by atoms with Crippen LogP contribution in [-0.4, -0.2) is 68.9 Å². The molecule has 0 rings (SSSR count). The first kappa shape index (κ1) is 17.7. The molecule has 0 saturated carbocycles. The number of ether oxygens (including phenoxy) is 1. The van der Waals surface area contributed by atoms with Crippen molar-refractivity contribution in [1.82, 2.24) is 0 Å². The van der Waals surface area contributed by atoms with Gasteiger partial charge in [-0.25, -0.2) is 14.4 Å². The minimum absolute atomic E-state index is 0.779. The zero-order valence-corrected chi connectivity index (χ0v) is 8.94. The number of carboxylic acids is 2. The quantitative estimate of drug-likeness (QED) is 0.331. The Morgan fingerprint density at radius 1 is 1.18 bits per heavy atom. The highest BCUT2D eigenvalue weighted by Crippen LogP contribution is 1.86. The van der Waals surface area contributed by atoms with E-state index in [1.165, 1.54) is 6.92 Å². The fraction of sp³-hybridized carbons (Fsp3) is 0.625. The lowest BCUT2D eigenvalue weighted by atomic mass is 10.4. The second-order valence-corrected chi connectivity index (χ2v) is 2.71. The molecule has 0 spiro atoms. The van der Waals surface area contributed by atoms with Gasteiger partial charge < -0.3 is 30.3 Å². The topological polar surface area (TPSA) is 162 Å². The smallest absolute Gasteiger partial charge is 0.341 e. The van der Waals surface area contributed by atoms with Crippen molar-refractivity contribution in [3.63, 3.8) is 0 Å². The molecular formula is C8H14O9. The van der Waals surface area contributed by atoms with Gasteiger partial charge in [0, 0.05) is 0 Å². The Balaban J connectivity index is 0. The number of rotatable bonds is 5. The van der Waals surface area contributed by atoms with Gasteiger partial charge in [-0.2, -0.15) is 0 Å². The molecule has 100 valence electrons. The van der Waals surface area contributed by atoms with Crippen molar-refractivity contribution in [1.29, 1.82) is 0 Å². The SMILES string of the molecule is CC(O)C(=O)O.O=C(O)COC(=O)C(O)CO. The van der Waals surface area contributed by atoms with Gasteiger partial charge in [-0.3, -0.25) is 0 Å². The molecule has 0 amide bonds. The third-order valence-corrected chi connectivity index (χ3v) is 1.14. The van der Waals surface area contributed by atoms with Crippen LogP contribution in [0.5, 0.6) is 0 Å². The number of carboxylic acid groups (broad SMARTS) is 2. The summed E-state index contributed by atoms with van der Waals surface area (Å²) in [5.74, 6) is -3.65. The van der Waals surface area contributed by atoms with Crippen molar-refractivity contribution in [2.75, 3.05) is 13.2 Å². The molecule has 2 atom stereocenters. The molecule has 5 N–H and O–H groups in total. The molecule has 0 saturated heterocycles. The molecule has 0 aromatic carbocycles. The lowest BCUT2D eigenvalue weighted by Crippen LogP contribution is -2.28. The van der Waals surface area contributed by atoms with Crippen LogP contribution in [0, 0.1) is 0 Å². The number of aliphatic carboxylic acids is 2. The van der Waals surface area contributed by atoms with E-state index in [4.69, 9.17) is 25.5 Å². The third kappa shape index (κ3) is 12.2. The lowest BCUT2D eigenvalue weighted by Gasteiger charge is -2.04. The first-order chi connectivity index (χ1) is 7.72. The summed E-state index contributed by atoms with van der Waals surface area (Å²) >= 11 is 0. The summed E-state index contributed by atoms with van der Waals surface area (Å²) in [6.45, 7) is -0.392. The third-order valence-electron chi connectivity index (χ3n) is 1.14. The van der Waals surface area contributed by atoms with E-state index in [0.717, 1.165) is 0 Å². The van der Waals surface area contributed by atoms with Gasteiger partial charge >= 0.3 is 17.9 Å². The van der Waals surface area contributed by atoms with E-state index in [1.807, 2.05) is 0 Å². The predicted molar refractivity (Wildman–Crippen MR) is 51.0 cm³/mol. The summed E-state index contributed by atoms with van der Waals surface area (Å²) < 4.78 is 4.01. The van der Waals surface area contributed by atoms with Crippen LogP contribution in [0.1, 0.15) is 6.92 Å². The summed E-state index contributed by atoms with van der Waals surface area (Å²) in [6.07, 6.45) is -2.89. The maximum absolute atomic E-state index is 10.4. The van der Waals surface area contributed by atoms with Crippen molar-refractivity contribution in [2.24, 2.45) is 0 Å². The maximum atomic E-state index is 10.4. The molecule has 0 aliphatic rings. The lowest BCUT2D eigenvalue weighted by molar-refractivity contribution is -0.162. The molecule has 0 aromatic heterocycles. The number of hydrogen-bond acceptors (Lipinski definition) is 7. The van der Waals surface area contributed by atoms with Gasteiger partial charge in [-0.15, -0.1) is 0 Å². The van der Waals surface area contributed by atoms with Crippen LogP contribution in [0.25, 0.3) is 0 Å². The monoisotopic (exact) mass is 254 g/mol. The minimum Gasteiger partial charge on any atom is -0.479 e. The van der Waals surface area contributed by atoms with Crippen LogP contribution < -0.4 is 0 Å². The molecule has 0 radical (unpaired) electrons. The van der Waals surface area contributed by atoms with Crippen LogP contribution in [-0.2, 0) is 19.1 Å². The van der Waals surface area contributed by atoms with E-state index in [0.29, 0.717) is 0 Å². The van der Waals surface area contributed by atoms with Gasteiger partial charge in [0.1, 0.15) is 6.10 Å². The molecule has 0 aromatic rings. The summed E-state index contributed by atoms with van der Waals surface area (Å²) in [7, 11) is 0. The van der Waals surface area contributed by atoms with Crippen LogP contribution in [0.15, 0.2) is 0 Å². The summed E-state index contributed by atoms with van der Waals surface area (Å²) in [5, 5.41) is 40.5. The van der Waals surface area contributed by atoms with E-state index in [2.05, 4.69) is 4.74 Å². The Kier molecular flexibility index (Phi) is 9.89. The van der Waals surface area contributed by atoms with Crippen LogP contribution in [0.4, 0.5) is 0 Å². The predicted octanol–water partition coefficient (Wildman–Crippen LogP) is -2.58. The molecule has 0 heterocycles. The fourth-order valence-corrected chi connectivity index (χ4v) is 0.304. The van der Waals surface area contributed by atoms with E-state index in [-0.39, 0.29) is 0 Å². The zero-order chi connectivity index (χ0) is 14.0. The highest BCUT2D eigenvalue weighted by molar-refractivity contribution is 5.78. The van der Waals surface area contributed by atoms with Gasteiger partial charge in [0.15, 0.2) is 12.7 Å². The van der Waals surface area contributed by atoms with Crippen molar-refractivity contribution in [3.05, 3.63) is 0 Å². The molecule has 17 heavy (non-hydrogen) atoms. The number of carbonyl (C=O) groups is 3. The van der Waals surface area contributed by atoms with E-state index in [1.54, 1.807) is 0 Å². The molecule has 0 bridgehead atoms. The largest absolute Gasteiger partial charge is 0.479 e. The molecular weight excluding hydrogens is 240 g/mol. The molecule has 9 nitrogen and oxygen atoms in total. The Bertz CT molecular complexity index is 260. The number of hydrogen-bond donors (Lipinski definition) is 5. The minimum atomic E-state index is -1.66. The first-order valence-electron chi connectivity index (χ1n) is 4.30. The summed E-state index contributed by atoms with van der Waals surface area (Å²) in [5.41, 5.74) is 0. The van der Waals surface area contributed by atoms with E-state index in [9.17, 15) is 14.4 Å². The number of carbonyl (C=O) groups excluding carboxylic acids is 1. The Morgan fingerprint density at radius 3 is 1.82 bits per heavy atom. The average Bonchev–Trinajstić information content (AvgIpc) is 2.25. The van der Waals surface area contributed by atoms with Crippen molar-refractivity contribution in [3.8, 4) is 0 Å². The number of aliphatic hydroxyl groups excluding tert-OH is 3. The normalized spacial score (nSPS) is 12.7. The number of aliphatic hydroxyl groups is 3. The first-order valence-corrected chi connectivity index (χ1v) is 4.30. The van der Waals surface area contributed by atoms with Gasteiger partial charge in [0.05, 0.1) is 6.61 Å². The Hall–Kier alpha value is -1.71. The fourth-order valence-electron chi connectivity index (χ4n) is 0.304. The molecule has 0 aliphatic carbocycles. The van der Waals surface area contributed by atoms with Crippen LogP contribution in [0.2, 0.25) is 0 Å². The Morgan fingerprint density at radius 2 is 1.59 bits per heavy atom. The summed E-state index contributed by atoms with van der Waals surface area (Å²) in [4.78, 5) is 29.6. The average molecular weight is 254 g/mol. The second-order valence-electron chi connectivity index (χ2n) is 2.71. The van der Waals surface area contributed by atoms with E-state index < -0.39 is 43.3 Å². The van der Waals surface area contributed by atoms with Gasteiger partial charge in [0.25, 0.3) is 0 Å². The van der Waals surface area contributed by atoms with Crippen molar-refractivity contribution in [2.45, 2.75) is 19.1 Å². The molecule has 2 unspecified atom stereocenters. The van der Waals surface area contributed by atoms with Gasteiger partial charge in [-0.05, 0) is 6.92 Å². The highest BCUT2D eigenvalue weighted by atomic mass is 16.6. The molecule has 0 fully saturated rings. The second kappa shape index (κ2) is 9.51. The highest BCUT2D eigenvalue weighted by Gasteiger charge is 2.15. The molecule has 0 aliphatic heterocycles. The van der Waals surface area contributed by atoms with E-state index >= 15 is 0 Å². The van der Waals surface area contributed by atoms with Crippen LogP contribution in [0.3, 0.4) is 0 Å². The zero-order valence-electron chi connectivity index (χ0n) is 8.94. The number of esters is 1. The maximum Gasteiger partial charge on any atom is 0.341 e. The van der Waals surface area contributed by atoms with Gasteiger partial charge in [-0.1, -0.05) is 0 Å². The van der Waals surface area contributed by atoms with Crippen molar-refractivity contribution < 1.29 is 44.7 Å². The molecule has 9 heteroatoms. The standard InChI is InChI=1S/C5H8O6.C3H6O3/c6-1-3(7)5(10)11-2-4(8)9;1-2(4)3(5)6/h3,6-7H,1-2H2,(H,8,9);2,4H,1H3,(H,5,6). The summed E-state index contributed by atoms with van der Waals surface area (Å²) in [6, 6.07) is 0. The van der Waals surface area contributed by atoms with Crippen molar-refractivity contribution >= 4 is 17.9 Å². The van der Waals surface area contributed by atoms with Gasteiger partial charge in [0.2, 0.25) is 0 Å².